The van der Waals surface area contributed by atoms with Gasteiger partial charge in [0, 0.05) is 17.1 Å². The summed E-state index contributed by atoms with van der Waals surface area (Å²) >= 11 is 1.72. The molecule has 3 rings (SSSR count). The molecule has 1 fully saturated rings. The molecule has 104 valence electrons. The van der Waals surface area contributed by atoms with Crippen molar-refractivity contribution in [1.29, 1.82) is 0 Å². The summed E-state index contributed by atoms with van der Waals surface area (Å²) in [5.41, 5.74) is 1.36. The van der Waals surface area contributed by atoms with E-state index in [9.17, 15) is 0 Å². The van der Waals surface area contributed by atoms with E-state index in [2.05, 4.69) is 59.4 Å². The lowest BCUT2D eigenvalue weighted by Gasteiger charge is -2.22. The van der Waals surface area contributed by atoms with Gasteiger partial charge in [0.25, 0.3) is 0 Å². The Morgan fingerprint density at radius 2 is 2.05 bits per heavy atom. The summed E-state index contributed by atoms with van der Waals surface area (Å²) in [6.45, 7) is 4.60. The molecule has 1 unspecified atom stereocenters. The van der Waals surface area contributed by atoms with E-state index in [0.29, 0.717) is 6.04 Å². The Labute approximate surface area is 125 Å². The van der Waals surface area contributed by atoms with Crippen LogP contribution in [0.15, 0.2) is 58.6 Å². The standard InChI is InChI=1S/C17H20N2S/c1-2-19-12-6-9-16(19)14-10-11-17(18-13-14)20-15-7-4-3-5-8-15/h3-5,7-8,10-11,13,16H,2,6,9,12H2,1H3. The zero-order valence-electron chi connectivity index (χ0n) is 11.8. The molecule has 20 heavy (non-hydrogen) atoms. The Morgan fingerprint density at radius 3 is 2.75 bits per heavy atom. The summed E-state index contributed by atoms with van der Waals surface area (Å²) < 4.78 is 0. The van der Waals surface area contributed by atoms with Crippen molar-refractivity contribution in [3.05, 3.63) is 54.2 Å². The molecule has 1 saturated heterocycles. The van der Waals surface area contributed by atoms with Gasteiger partial charge < -0.3 is 0 Å². The first-order valence-electron chi connectivity index (χ1n) is 7.29. The molecule has 3 heteroatoms. The third-order valence-electron chi connectivity index (χ3n) is 3.88. The van der Waals surface area contributed by atoms with Crippen molar-refractivity contribution in [3.8, 4) is 0 Å². The fraction of sp³-hybridized carbons (Fsp3) is 0.353. The summed E-state index contributed by atoms with van der Waals surface area (Å²) in [7, 11) is 0. The van der Waals surface area contributed by atoms with Gasteiger partial charge in [-0.2, -0.15) is 0 Å². The number of likely N-dealkylation sites (tertiary alicyclic amines) is 1. The van der Waals surface area contributed by atoms with Gasteiger partial charge in [-0.25, -0.2) is 4.98 Å². The number of rotatable bonds is 4. The van der Waals surface area contributed by atoms with Crippen molar-refractivity contribution in [2.24, 2.45) is 0 Å². The molecular formula is C17H20N2S. The molecule has 1 aromatic heterocycles. The molecule has 1 atom stereocenters. The smallest absolute Gasteiger partial charge is 0.101 e. The molecule has 0 N–H and O–H groups in total. The first kappa shape index (κ1) is 13.7. The van der Waals surface area contributed by atoms with E-state index in [0.717, 1.165) is 11.6 Å². The first-order chi connectivity index (χ1) is 9.86. The number of pyridine rings is 1. The van der Waals surface area contributed by atoms with Crippen molar-refractivity contribution in [2.45, 2.75) is 35.7 Å². The minimum absolute atomic E-state index is 0.572. The van der Waals surface area contributed by atoms with E-state index in [1.165, 1.54) is 29.8 Å². The quantitative estimate of drug-likeness (QED) is 0.828. The average molecular weight is 284 g/mol. The second-order valence-corrected chi connectivity index (χ2v) is 6.23. The number of aromatic nitrogens is 1. The van der Waals surface area contributed by atoms with Crippen LogP contribution >= 0.6 is 11.8 Å². The molecule has 0 aliphatic carbocycles. The van der Waals surface area contributed by atoms with Crippen LogP contribution in [0.2, 0.25) is 0 Å². The minimum atomic E-state index is 0.572. The summed E-state index contributed by atoms with van der Waals surface area (Å²) in [6.07, 6.45) is 4.63. The second-order valence-electron chi connectivity index (χ2n) is 5.13. The van der Waals surface area contributed by atoms with Gasteiger partial charge in [-0.3, -0.25) is 4.90 Å². The lowest BCUT2D eigenvalue weighted by molar-refractivity contribution is 0.271. The molecule has 1 aromatic carbocycles. The average Bonchev–Trinajstić information content (AvgIpc) is 2.98. The van der Waals surface area contributed by atoms with Gasteiger partial charge in [-0.1, -0.05) is 43.0 Å². The fourth-order valence-corrected chi connectivity index (χ4v) is 3.62. The highest BCUT2D eigenvalue weighted by atomic mass is 32.2. The number of benzene rings is 1. The van der Waals surface area contributed by atoms with E-state index in [1.807, 2.05) is 6.07 Å². The Morgan fingerprint density at radius 1 is 1.20 bits per heavy atom. The van der Waals surface area contributed by atoms with Crippen LogP contribution in [0.25, 0.3) is 0 Å². The van der Waals surface area contributed by atoms with Crippen molar-refractivity contribution in [2.75, 3.05) is 13.1 Å². The second kappa shape index (κ2) is 6.42. The Balaban J connectivity index is 1.71. The number of hydrogen-bond donors (Lipinski definition) is 0. The monoisotopic (exact) mass is 284 g/mol. The summed E-state index contributed by atoms with van der Waals surface area (Å²) in [6, 6.07) is 15.4. The van der Waals surface area contributed by atoms with E-state index in [1.54, 1.807) is 11.8 Å². The molecular weight excluding hydrogens is 264 g/mol. The van der Waals surface area contributed by atoms with Crippen LogP contribution in [0, 0.1) is 0 Å². The molecule has 0 saturated carbocycles. The highest BCUT2D eigenvalue weighted by molar-refractivity contribution is 7.99. The molecule has 1 aliphatic rings. The molecule has 2 nitrogen and oxygen atoms in total. The van der Waals surface area contributed by atoms with Gasteiger partial charge in [0.1, 0.15) is 5.03 Å². The van der Waals surface area contributed by atoms with Gasteiger partial charge in [-0.15, -0.1) is 0 Å². The molecule has 0 spiro atoms. The fourth-order valence-electron chi connectivity index (χ4n) is 2.84. The summed E-state index contributed by atoms with van der Waals surface area (Å²) in [5.74, 6) is 0. The Bertz CT molecular complexity index is 539. The molecule has 2 heterocycles. The zero-order valence-corrected chi connectivity index (χ0v) is 12.6. The third kappa shape index (κ3) is 3.05. The zero-order chi connectivity index (χ0) is 13.8. The third-order valence-corrected chi connectivity index (χ3v) is 4.84. The van der Waals surface area contributed by atoms with Crippen LogP contribution in [-0.4, -0.2) is 23.0 Å². The van der Waals surface area contributed by atoms with Crippen LogP contribution in [0.1, 0.15) is 31.4 Å². The lowest BCUT2D eigenvalue weighted by atomic mass is 10.1. The highest BCUT2D eigenvalue weighted by Crippen LogP contribution is 2.32. The Kier molecular flexibility index (Phi) is 4.38. The molecule has 0 bridgehead atoms. The lowest BCUT2D eigenvalue weighted by Crippen LogP contribution is -2.22. The van der Waals surface area contributed by atoms with Crippen LogP contribution < -0.4 is 0 Å². The maximum atomic E-state index is 4.62. The van der Waals surface area contributed by atoms with E-state index in [-0.39, 0.29) is 0 Å². The van der Waals surface area contributed by atoms with Crippen LogP contribution in [0.5, 0.6) is 0 Å². The predicted octanol–water partition coefficient (Wildman–Crippen LogP) is 4.39. The van der Waals surface area contributed by atoms with E-state index >= 15 is 0 Å². The van der Waals surface area contributed by atoms with Gasteiger partial charge in [0.15, 0.2) is 0 Å². The van der Waals surface area contributed by atoms with Crippen LogP contribution in [0.4, 0.5) is 0 Å². The van der Waals surface area contributed by atoms with Crippen molar-refractivity contribution >= 4 is 11.8 Å². The van der Waals surface area contributed by atoms with Crippen molar-refractivity contribution in [1.82, 2.24) is 9.88 Å². The summed E-state index contributed by atoms with van der Waals surface area (Å²) in [4.78, 5) is 8.41. The molecule has 0 radical (unpaired) electrons. The highest BCUT2D eigenvalue weighted by Gasteiger charge is 2.24. The topological polar surface area (TPSA) is 16.1 Å². The van der Waals surface area contributed by atoms with Gasteiger partial charge in [0.2, 0.25) is 0 Å². The van der Waals surface area contributed by atoms with Gasteiger partial charge in [-0.05, 0) is 49.7 Å². The summed E-state index contributed by atoms with van der Waals surface area (Å²) in [5, 5.41) is 1.07. The molecule has 1 aliphatic heterocycles. The number of hydrogen-bond acceptors (Lipinski definition) is 3. The Hall–Kier alpha value is -1.32. The SMILES string of the molecule is CCN1CCCC1c1ccc(Sc2ccccc2)nc1. The van der Waals surface area contributed by atoms with E-state index in [4.69, 9.17) is 0 Å². The van der Waals surface area contributed by atoms with Gasteiger partial charge in [0.05, 0.1) is 0 Å². The van der Waals surface area contributed by atoms with Crippen LogP contribution in [-0.2, 0) is 0 Å². The largest absolute Gasteiger partial charge is 0.297 e. The molecule has 0 amide bonds. The maximum Gasteiger partial charge on any atom is 0.101 e. The first-order valence-corrected chi connectivity index (χ1v) is 8.11. The number of nitrogens with zero attached hydrogens (tertiary/aromatic N) is 2. The van der Waals surface area contributed by atoms with Crippen LogP contribution in [0.3, 0.4) is 0 Å². The van der Waals surface area contributed by atoms with Crippen molar-refractivity contribution in [3.63, 3.8) is 0 Å². The molecule has 2 aromatic rings. The van der Waals surface area contributed by atoms with Gasteiger partial charge >= 0.3 is 0 Å². The van der Waals surface area contributed by atoms with Crippen molar-refractivity contribution < 1.29 is 0 Å². The maximum absolute atomic E-state index is 4.62. The normalized spacial score (nSPS) is 19.4. The minimum Gasteiger partial charge on any atom is -0.297 e. The van der Waals surface area contributed by atoms with E-state index < -0.39 is 0 Å². The predicted molar refractivity (Wildman–Crippen MR) is 84.0 cm³/mol.